The predicted octanol–water partition coefficient (Wildman–Crippen LogP) is 9.57. The van der Waals surface area contributed by atoms with Gasteiger partial charge in [0.15, 0.2) is 0 Å². The average Bonchev–Trinajstić information content (AvgIpc) is 2.72. The van der Waals surface area contributed by atoms with E-state index < -0.39 is 0 Å². The molecule has 0 bridgehead atoms. The van der Waals surface area contributed by atoms with E-state index in [9.17, 15) is 0 Å². The summed E-state index contributed by atoms with van der Waals surface area (Å²) < 4.78 is 0. The fraction of sp³-hybridized carbons (Fsp3) is 1.00. The van der Waals surface area contributed by atoms with Crippen LogP contribution in [0.3, 0.4) is 0 Å². The minimum absolute atomic E-state index is 0.696. The number of rotatable bonds is 9. The number of hydrogen-bond acceptors (Lipinski definition) is 0. The summed E-state index contributed by atoms with van der Waals surface area (Å²) in [7, 11) is 0. The molecule has 0 aliphatic heterocycles. The highest BCUT2D eigenvalue weighted by atomic mass is 14.6. The Morgan fingerprint density at radius 3 is 1.57 bits per heavy atom. The molecule has 3 atom stereocenters. The summed E-state index contributed by atoms with van der Waals surface area (Å²) in [6.45, 7) is 9.94. The molecule has 3 aliphatic carbocycles. The third kappa shape index (κ3) is 4.23. The lowest BCUT2D eigenvalue weighted by Crippen LogP contribution is -2.57. The van der Waals surface area contributed by atoms with E-state index in [1.807, 2.05) is 0 Å². The van der Waals surface area contributed by atoms with Gasteiger partial charge in [0.2, 0.25) is 0 Å². The lowest BCUT2D eigenvalue weighted by Gasteiger charge is -2.65. The van der Waals surface area contributed by atoms with Crippen molar-refractivity contribution in [2.45, 2.75) is 143 Å². The first-order chi connectivity index (χ1) is 13.7. The van der Waals surface area contributed by atoms with Crippen LogP contribution in [-0.2, 0) is 0 Å². The summed E-state index contributed by atoms with van der Waals surface area (Å²) >= 11 is 0. The van der Waals surface area contributed by atoms with E-state index >= 15 is 0 Å². The van der Waals surface area contributed by atoms with Gasteiger partial charge in [-0.25, -0.2) is 0 Å². The van der Waals surface area contributed by atoms with Crippen molar-refractivity contribution in [2.75, 3.05) is 0 Å². The Morgan fingerprint density at radius 1 is 0.536 bits per heavy atom. The van der Waals surface area contributed by atoms with E-state index in [1.54, 1.807) is 32.1 Å². The van der Waals surface area contributed by atoms with Gasteiger partial charge in [0.25, 0.3) is 0 Å². The summed E-state index contributed by atoms with van der Waals surface area (Å²) in [5.74, 6) is 4.21. The summed E-state index contributed by atoms with van der Waals surface area (Å²) in [5, 5.41) is 0. The van der Waals surface area contributed by atoms with Gasteiger partial charge in [-0.15, -0.1) is 0 Å². The third-order valence-electron chi connectivity index (χ3n) is 9.80. The van der Waals surface area contributed by atoms with Gasteiger partial charge >= 0.3 is 0 Å². The summed E-state index contributed by atoms with van der Waals surface area (Å²) in [6.07, 6.45) is 27.3. The molecule has 3 aliphatic rings. The van der Waals surface area contributed by atoms with Gasteiger partial charge in [0, 0.05) is 0 Å². The second kappa shape index (κ2) is 10.3. The van der Waals surface area contributed by atoms with Crippen LogP contribution in [0.4, 0.5) is 0 Å². The molecule has 0 aromatic rings. The van der Waals surface area contributed by atoms with Crippen LogP contribution in [0.2, 0.25) is 0 Å². The van der Waals surface area contributed by atoms with Crippen molar-refractivity contribution >= 4 is 0 Å². The van der Waals surface area contributed by atoms with Crippen molar-refractivity contribution in [1.82, 2.24) is 0 Å². The van der Waals surface area contributed by atoms with Gasteiger partial charge in [0.05, 0.1) is 0 Å². The molecule has 28 heavy (non-hydrogen) atoms. The number of hydrogen-bond donors (Lipinski definition) is 0. The molecule has 3 unspecified atom stereocenters. The zero-order valence-electron chi connectivity index (χ0n) is 20.0. The third-order valence-corrected chi connectivity index (χ3v) is 9.80. The van der Waals surface area contributed by atoms with E-state index in [0.29, 0.717) is 10.8 Å². The van der Waals surface area contributed by atoms with Crippen molar-refractivity contribution in [3.63, 3.8) is 0 Å². The molecule has 0 heterocycles. The van der Waals surface area contributed by atoms with Crippen LogP contribution in [0.1, 0.15) is 143 Å². The summed E-state index contributed by atoms with van der Waals surface area (Å²) in [6, 6.07) is 0. The van der Waals surface area contributed by atoms with Crippen LogP contribution in [0, 0.1) is 34.5 Å². The van der Waals surface area contributed by atoms with Crippen LogP contribution >= 0.6 is 0 Å². The van der Waals surface area contributed by atoms with Crippen LogP contribution in [-0.4, -0.2) is 0 Å². The topological polar surface area (TPSA) is 0 Å². The maximum Gasteiger partial charge on any atom is -0.0235 e. The molecular formula is C28H52. The first kappa shape index (κ1) is 22.7. The summed E-state index contributed by atoms with van der Waals surface area (Å²) in [5.41, 5.74) is 1.39. The zero-order chi connectivity index (χ0) is 20.0. The van der Waals surface area contributed by atoms with E-state index in [2.05, 4.69) is 27.7 Å². The van der Waals surface area contributed by atoms with Crippen molar-refractivity contribution in [3.8, 4) is 0 Å². The minimum atomic E-state index is 0.696. The largest absolute Gasteiger partial charge is 0.0654 e. The Bertz CT molecular complexity index is 431. The van der Waals surface area contributed by atoms with E-state index in [0.717, 1.165) is 23.7 Å². The van der Waals surface area contributed by atoms with Gasteiger partial charge in [-0.05, 0) is 79.4 Å². The molecule has 0 saturated heterocycles. The van der Waals surface area contributed by atoms with Crippen LogP contribution in [0.25, 0.3) is 0 Å². The smallest absolute Gasteiger partial charge is 0.0235 e. The Morgan fingerprint density at radius 2 is 1.04 bits per heavy atom. The fourth-order valence-electron chi connectivity index (χ4n) is 9.29. The second-order valence-electron chi connectivity index (χ2n) is 11.3. The first-order valence-corrected chi connectivity index (χ1v) is 13.7. The molecule has 3 rings (SSSR count). The maximum atomic E-state index is 2.49. The molecule has 0 amide bonds. The first-order valence-electron chi connectivity index (χ1n) is 13.7. The summed E-state index contributed by atoms with van der Waals surface area (Å²) in [4.78, 5) is 0. The predicted molar refractivity (Wildman–Crippen MR) is 125 cm³/mol. The number of fused-ring (bicyclic) bond motifs is 1. The quantitative estimate of drug-likeness (QED) is 0.369. The van der Waals surface area contributed by atoms with E-state index in [-0.39, 0.29) is 0 Å². The van der Waals surface area contributed by atoms with E-state index in [4.69, 9.17) is 0 Å². The molecule has 0 spiro atoms. The van der Waals surface area contributed by atoms with Gasteiger partial charge in [-0.1, -0.05) is 98.3 Å². The molecule has 0 aromatic carbocycles. The highest BCUT2D eigenvalue weighted by molar-refractivity contribution is 5.08. The monoisotopic (exact) mass is 388 g/mol. The lowest BCUT2D eigenvalue weighted by molar-refractivity contribution is -0.155. The molecule has 0 radical (unpaired) electrons. The molecule has 0 N–H and O–H groups in total. The molecule has 3 fully saturated rings. The van der Waals surface area contributed by atoms with Crippen molar-refractivity contribution in [1.29, 1.82) is 0 Å². The minimum Gasteiger partial charge on any atom is -0.0654 e. The fourth-order valence-corrected chi connectivity index (χ4v) is 9.29. The highest BCUT2D eigenvalue weighted by Crippen LogP contribution is 2.68. The van der Waals surface area contributed by atoms with Crippen molar-refractivity contribution in [3.05, 3.63) is 0 Å². The Kier molecular flexibility index (Phi) is 8.38. The van der Waals surface area contributed by atoms with Crippen LogP contribution < -0.4 is 0 Å². The van der Waals surface area contributed by atoms with Crippen LogP contribution in [0.15, 0.2) is 0 Å². The average molecular weight is 389 g/mol. The highest BCUT2D eigenvalue weighted by Gasteiger charge is 2.59. The standard InChI is InChI=1S/C28H52/c1-5-18-27(19-6-2)22-26(23-14-10-9-11-15-23)28(20-7-3,21-8-4)25-17-13-12-16-24(25)27/h23-26H,5-22H2,1-4H3. The molecule has 0 heteroatoms. The molecule has 3 saturated carbocycles. The van der Waals surface area contributed by atoms with Gasteiger partial charge in [-0.3, -0.25) is 0 Å². The molecule has 0 aromatic heterocycles. The molecule has 0 nitrogen and oxygen atoms in total. The Labute approximate surface area is 178 Å². The molecular weight excluding hydrogens is 336 g/mol. The van der Waals surface area contributed by atoms with Crippen molar-refractivity contribution < 1.29 is 0 Å². The van der Waals surface area contributed by atoms with Gasteiger partial charge < -0.3 is 0 Å². The Balaban J connectivity index is 2.05. The molecule has 164 valence electrons. The van der Waals surface area contributed by atoms with Crippen LogP contribution in [0.5, 0.6) is 0 Å². The van der Waals surface area contributed by atoms with Gasteiger partial charge in [0.1, 0.15) is 0 Å². The Hall–Kier alpha value is 0. The zero-order valence-corrected chi connectivity index (χ0v) is 20.0. The second-order valence-corrected chi connectivity index (χ2v) is 11.3. The lowest BCUT2D eigenvalue weighted by atomic mass is 9.40. The normalized spacial score (nSPS) is 32.8. The SMILES string of the molecule is CCCC1(CCC)CC(C2CCCCC2)C(CCC)(CCC)C2CCCCC21. The van der Waals surface area contributed by atoms with E-state index in [1.165, 1.54) is 83.5 Å². The van der Waals surface area contributed by atoms with Gasteiger partial charge in [-0.2, -0.15) is 0 Å². The maximum absolute atomic E-state index is 2.49. The van der Waals surface area contributed by atoms with Crippen molar-refractivity contribution in [2.24, 2.45) is 34.5 Å².